The SMILES string of the molecule is CN(Cc1cnn(Cc2ccccc2)c1)C(=O)COc1ccc(F)cc1Cl. The van der Waals surface area contributed by atoms with Crippen LogP contribution in [-0.2, 0) is 17.9 Å². The van der Waals surface area contributed by atoms with Gasteiger partial charge < -0.3 is 9.64 Å². The van der Waals surface area contributed by atoms with Crippen molar-refractivity contribution in [1.29, 1.82) is 0 Å². The summed E-state index contributed by atoms with van der Waals surface area (Å²) in [5.74, 6) is -0.398. The van der Waals surface area contributed by atoms with Crippen molar-refractivity contribution < 1.29 is 13.9 Å². The van der Waals surface area contributed by atoms with Crippen LogP contribution in [0.4, 0.5) is 4.39 Å². The number of hydrogen-bond donors (Lipinski definition) is 0. The van der Waals surface area contributed by atoms with Crippen LogP contribution in [0, 0.1) is 5.82 Å². The van der Waals surface area contributed by atoms with Gasteiger partial charge in [0.15, 0.2) is 6.61 Å². The summed E-state index contributed by atoms with van der Waals surface area (Å²) in [6.07, 6.45) is 3.65. The number of ether oxygens (including phenoxy) is 1. The highest BCUT2D eigenvalue weighted by molar-refractivity contribution is 6.32. The van der Waals surface area contributed by atoms with E-state index in [1.54, 1.807) is 18.1 Å². The maximum absolute atomic E-state index is 13.0. The highest BCUT2D eigenvalue weighted by Crippen LogP contribution is 2.24. The van der Waals surface area contributed by atoms with Gasteiger partial charge in [0.25, 0.3) is 5.91 Å². The van der Waals surface area contributed by atoms with Gasteiger partial charge in [0.2, 0.25) is 0 Å². The van der Waals surface area contributed by atoms with Gasteiger partial charge >= 0.3 is 0 Å². The second-order valence-electron chi connectivity index (χ2n) is 6.14. The first-order chi connectivity index (χ1) is 13.0. The van der Waals surface area contributed by atoms with E-state index in [0.717, 1.165) is 17.2 Å². The first kappa shape index (κ1) is 18.9. The maximum atomic E-state index is 13.0. The number of rotatable bonds is 7. The van der Waals surface area contributed by atoms with Crippen molar-refractivity contribution in [2.75, 3.05) is 13.7 Å². The van der Waals surface area contributed by atoms with Gasteiger partial charge in [-0.25, -0.2) is 4.39 Å². The summed E-state index contributed by atoms with van der Waals surface area (Å²) in [5, 5.41) is 4.46. The normalized spacial score (nSPS) is 10.6. The lowest BCUT2D eigenvalue weighted by molar-refractivity contribution is -0.132. The van der Waals surface area contributed by atoms with E-state index in [2.05, 4.69) is 5.10 Å². The van der Waals surface area contributed by atoms with Crippen molar-refractivity contribution in [3.05, 3.63) is 82.9 Å². The smallest absolute Gasteiger partial charge is 0.260 e. The predicted molar refractivity (Wildman–Crippen MR) is 101 cm³/mol. The number of hydrogen-bond acceptors (Lipinski definition) is 3. The predicted octanol–water partition coefficient (Wildman–Crippen LogP) is 3.76. The van der Waals surface area contributed by atoms with Gasteiger partial charge in [-0.1, -0.05) is 41.9 Å². The standard InChI is InChI=1S/C20H19ClFN3O2/c1-24(20(26)14-27-19-8-7-17(22)9-18(19)21)11-16-10-23-25(13-16)12-15-5-3-2-4-6-15/h2-10,13H,11-12,14H2,1H3. The van der Waals surface area contributed by atoms with Gasteiger partial charge in [-0.15, -0.1) is 0 Å². The van der Waals surface area contributed by atoms with Crippen LogP contribution in [0.1, 0.15) is 11.1 Å². The quantitative estimate of drug-likeness (QED) is 0.620. The number of carbonyl (C=O) groups excluding carboxylic acids is 1. The Morgan fingerprint density at radius 2 is 2.00 bits per heavy atom. The van der Waals surface area contributed by atoms with Gasteiger partial charge in [0.05, 0.1) is 17.8 Å². The molecule has 0 saturated carbocycles. The molecule has 0 N–H and O–H groups in total. The average molecular weight is 388 g/mol. The molecule has 0 aliphatic rings. The molecular weight excluding hydrogens is 369 g/mol. The van der Waals surface area contributed by atoms with Crippen molar-refractivity contribution in [3.8, 4) is 5.75 Å². The summed E-state index contributed by atoms with van der Waals surface area (Å²) >= 11 is 5.89. The number of benzene rings is 2. The van der Waals surface area contributed by atoms with E-state index < -0.39 is 5.82 Å². The van der Waals surface area contributed by atoms with Crippen LogP contribution in [0.5, 0.6) is 5.75 Å². The van der Waals surface area contributed by atoms with E-state index in [-0.39, 0.29) is 23.3 Å². The summed E-state index contributed by atoms with van der Waals surface area (Å²) < 4.78 is 20.3. The fourth-order valence-electron chi connectivity index (χ4n) is 2.55. The van der Waals surface area contributed by atoms with Crippen LogP contribution >= 0.6 is 11.6 Å². The molecule has 0 fully saturated rings. The molecule has 1 heterocycles. The molecule has 3 aromatic rings. The number of halogens is 2. The lowest BCUT2D eigenvalue weighted by Gasteiger charge is -2.17. The van der Waals surface area contributed by atoms with E-state index in [1.807, 2.05) is 41.2 Å². The third kappa shape index (κ3) is 5.31. The van der Waals surface area contributed by atoms with Crippen molar-refractivity contribution in [1.82, 2.24) is 14.7 Å². The van der Waals surface area contributed by atoms with Crippen LogP contribution < -0.4 is 4.74 Å². The highest BCUT2D eigenvalue weighted by Gasteiger charge is 2.13. The Hall–Kier alpha value is -2.86. The first-order valence-electron chi connectivity index (χ1n) is 8.38. The van der Waals surface area contributed by atoms with Crippen molar-refractivity contribution in [2.45, 2.75) is 13.1 Å². The molecule has 27 heavy (non-hydrogen) atoms. The average Bonchev–Trinajstić information content (AvgIpc) is 3.08. The van der Waals surface area contributed by atoms with Gasteiger partial charge in [-0.2, -0.15) is 5.10 Å². The zero-order chi connectivity index (χ0) is 19.2. The molecule has 0 spiro atoms. The number of carbonyl (C=O) groups is 1. The molecule has 0 atom stereocenters. The Morgan fingerprint density at radius 3 is 2.74 bits per heavy atom. The molecule has 0 aliphatic carbocycles. The lowest BCUT2D eigenvalue weighted by atomic mass is 10.2. The Labute approximate surface area is 161 Å². The van der Waals surface area contributed by atoms with Gasteiger partial charge in [0, 0.05) is 25.4 Å². The summed E-state index contributed by atoms with van der Waals surface area (Å²) in [7, 11) is 1.69. The largest absolute Gasteiger partial charge is 0.482 e. The van der Waals surface area contributed by atoms with E-state index in [9.17, 15) is 9.18 Å². The van der Waals surface area contributed by atoms with E-state index in [0.29, 0.717) is 13.1 Å². The molecule has 0 unspecified atom stereocenters. The van der Waals surface area contributed by atoms with Crippen molar-refractivity contribution in [3.63, 3.8) is 0 Å². The molecule has 3 rings (SSSR count). The maximum Gasteiger partial charge on any atom is 0.260 e. The van der Waals surface area contributed by atoms with Crippen LogP contribution in [0.15, 0.2) is 60.9 Å². The van der Waals surface area contributed by atoms with Crippen LogP contribution in [-0.4, -0.2) is 34.2 Å². The zero-order valence-electron chi connectivity index (χ0n) is 14.8. The Morgan fingerprint density at radius 1 is 1.22 bits per heavy atom. The van der Waals surface area contributed by atoms with Gasteiger partial charge in [-0.3, -0.25) is 9.48 Å². The minimum absolute atomic E-state index is 0.132. The van der Waals surface area contributed by atoms with E-state index in [4.69, 9.17) is 16.3 Å². The molecule has 140 valence electrons. The Balaban J connectivity index is 1.52. The molecule has 0 radical (unpaired) electrons. The van der Waals surface area contributed by atoms with Crippen LogP contribution in [0.2, 0.25) is 5.02 Å². The number of likely N-dealkylation sites (N-methyl/N-ethyl adjacent to an activating group) is 1. The van der Waals surface area contributed by atoms with E-state index >= 15 is 0 Å². The Kier molecular flexibility index (Phi) is 6.08. The third-order valence-corrected chi connectivity index (χ3v) is 4.26. The van der Waals surface area contributed by atoms with E-state index in [1.165, 1.54) is 12.1 Å². The van der Waals surface area contributed by atoms with Crippen LogP contribution in [0.25, 0.3) is 0 Å². The topological polar surface area (TPSA) is 47.4 Å². The molecule has 0 aliphatic heterocycles. The fraction of sp³-hybridized carbons (Fsp3) is 0.200. The highest BCUT2D eigenvalue weighted by atomic mass is 35.5. The second-order valence-corrected chi connectivity index (χ2v) is 6.55. The lowest BCUT2D eigenvalue weighted by Crippen LogP contribution is -2.30. The number of nitrogens with zero attached hydrogens (tertiary/aromatic N) is 3. The summed E-state index contributed by atoms with van der Waals surface area (Å²) in [6, 6.07) is 13.8. The fourth-order valence-corrected chi connectivity index (χ4v) is 2.77. The van der Waals surface area contributed by atoms with Crippen molar-refractivity contribution >= 4 is 17.5 Å². The third-order valence-electron chi connectivity index (χ3n) is 3.96. The second kappa shape index (κ2) is 8.68. The molecule has 0 saturated heterocycles. The number of amides is 1. The first-order valence-corrected chi connectivity index (χ1v) is 8.76. The zero-order valence-corrected chi connectivity index (χ0v) is 15.6. The molecule has 7 heteroatoms. The molecule has 0 bridgehead atoms. The Bertz CT molecular complexity index is 915. The summed E-state index contributed by atoms with van der Waals surface area (Å²) in [4.78, 5) is 13.8. The van der Waals surface area contributed by atoms with Gasteiger partial charge in [-0.05, 0) is 23.8 Å². The van der Waals surface area contributed by atoms with Crippen LogP contribution in [0.3, 0.4) is 0 Å². The summed E-state index contributed by atoms with van der Waals surface area (Å²) in [5.41, 5.74) is 2.07. The minimum atomic E-state index is -0.455. The molecule has 1 aromatic heterocycles. The summed E-state index contributed by atoms with van der Waals surface area (Å²) in [6.45, 7) is 0.902. The molecule has 5 nitrogen and oxygen atoms in total. The minimum Gasteiger partial charge on any atom is -0.482 e. The monoisotopic (exact) mass is 387 g/mol. The van der Waals surface area contributed by atoms with Crippen molar-refractivity contribution in [2.24, 2.45) is 0 Å². The molecular formula is C20H19ClFN3O2. The molecule has 2 aromatic carbocycles. The van der Waals surface area contributed by atoms with Gasteiger partial charge in [0.1, 0.15) is 11.6 Å². The molecule has 1 amide bonds. The number of aromatic nitrogens is 2.